The van der Waals surface area contributed by atoms with Crippen molar-refractivity contribution in [2.45, 2.75) is 38.6 Å². The Balaban J connectivity index is 1.92. The Morgan fingerprint density at radius 3 is 2.52 bits per heavy atom. The lowest BCUT2D eigenvalue weighted by molar-refractivity contribution is -0.121. The second-order valence-electron chi connectivity index (χ2n) is 7.21. The van der Waals surface area contributed by atoms with E-state index in [0.29, 0.717) is 34.6 Å². The maximum atomic E-state index is 12.3. The van der Waals surface area contributed by atoms with E-state index in [4.69, 9.17) is 0 Å². The van der Waals surface area contributed by atoms with Crippen LogP contribution in [-0.4, -0.2) is 51.8 Å². The van der Waals surface area contributed by atoms with Crippen LogP contribution in [0.2, 0.25) is 0 Å². The van der Waals surface area contributed by atoms with Gasteiger partial charge in [0.15, 0.2) is 5.16 Å². The second-order valence-corrected chi connectivity index (χ2v) is 8.16. The molecule has 3 N–H and O–H groups in total. The summed E-state index contributed by atoms with van der Waals surface area (Å²) < 4.78 is 6.25. The number of methoxy groups -OCH3 is 1. The van der Waals surface area contributed by atoms with Crippen LogP contribution < -0.4 is 10.6 Å². The van der Waals surface area contributed by atoms with Crippen molar-refractivity contribution in [2.75, 3.05) is 24.7 Å². The fourth-order valence-electron chi connectivity index (χ4n) is 2.64. The summed E-state index contributed by atoms with van der Waals surface area (Å²) in [6.07, 6.45) is 2.37. The van der Waals surface area contributed by atoms with Gasteiger partial charge in [0.25, 0.3) is 0 Å². The van der Waals surface area contributed by atoms with Gasteiger partial charge in [-0.15, -0.1) is 0 Å². The topological polar surface area (TPSA) is 123 Å². The van der Waals surface area contributed by atoms with Gasteiger partial charge in [-0.1, -0.05) is 25.6 Å². The number of aliphatic hydroxyl groups is 1. The summed E-state index contributed by atoms with van der Waals surface area (Å²) in [6.45, 7) is 4.51. The van der Waals surface area contributed by atoms with Crippen molar-refractivity contribution in [3.63, 3.8) is 0 Å². The number of carbonyl (C=O) groups excluding carboxylic acids is 3. The molecule has 31 heavy (non-hydrogen) atoms. The summed E-state index contributed by atoms with van der Waals surface area (Å²) in [4.78, 5) is 40.2. The van der Waals surface area contributed by atoms with Crippen molar-refractivity contribution in [2.24, 2.45) is 5.92 Å². The molecule has 1 heterocycles. The van der Waals surface area contributed by atoms with Crippen molar-refractivity contribution in [3.05, 3.63) is 41.7 Å². The Morgan fingerprint density at radius 2 is 1.90 bits per heavy atom. The third kappa shape index (κ3) is 7.72. The predicted octanol–water partition coefficient (Wildman–Crippen LogP) is 2.06. The molecule has 1 aromatic carbocycles. The molecular weight excluding hydrogens is 420 g/mol. The zero-order valence-corrected chi connectivity index (χ0v) is 18.7. The number of imidazole rings is 1. The van der Waals surface area contributed by atoms with Gasteiger partial charge in [-0.3, -0.25) is 9.59 Å². The molecule has 0 fully saturated rings. The first-order chi connectivity index (χ1) is 14.8. The summed E-state index contributed by atoms with van der Waals surface area (Å²) in [6, 6.07) is 6.35. The first-order valence-corrected chi connectivity index (χ1v) is 10.9. The number of esters is 1. The Labute approximate surface area is 185 Å². The van der Waals surface area contributed by atoms with Crippen LogP contribution in [0.3, 0.4) is 0 Å². The highest BCUT2D eigenvalue weighted by Crippen LogP contribution is 2.19. The molecule has 168 valence electrons. The molecule has 0 aliphatic rings. The van der Waals surface area contributed by atoms with Crippen LogP contribution in [0.25, 0.3) is 0 Å². The predicted molar refractivity (Wildman–Crippen MR) is 118 cm³/mol. The number of benzene rings is 1. The Kier molecular flexibility index (Phi) is 9.54. The number of nitrogens with zero attached hydrogens (tertiary/aromatic N) is 2. The number of aliphatic hydroxyl groups excluding tert-OH is 1. The fraction of sp³-hybridized carbons (Fsp3) is 0.429. The minimum atomic E-state index is -0.451. The van der Waals surface area contributed by atoms with Gasteiger partial charge in [0, 0.05) is 12.2 Å². The van der Waals surface area contributed by atoms with Gasteiger partial charge in [0.05, 0.1) is 36.9 Å². The molecule has 0 unspecified atom stereocenters. The molecule has 0 aliphatic carbocycles. The number of hydrogen-bond donors (Lipinski definition) is 3. The Hall–Kier alpha value is -2.85. The summed E-state index contributed by atoms with van der Waals surface area (Å²) in [5.41, 5.74) is 1.43. The monoisotopic (exact) mass is 448 g/mol. The maximum absolute atomic E-state index is 12.3. The summed E-state index contributed by atoms with van der Waals surface area (Å²) >= 11 is 1.17. The molecule has 0 atom stereocenters. The van der Waals surface area contributed by atoms with E-state index in [-0.39, 0.29) is 30.7 Å². The minimum absolute atomic E-state index is 0.0208. The molecule has 1 aromatic heterocycles. The van der Waals surface area contributed by atoms with Gasteiger partial charge in [0.2, 0.25) is 11.8 Å². The van der Waals surface area contributed by atoms with Crippen molar-refractivity contribution in [1.29, 1.82) is 0 Å². The first-order valence-electron chi connectivity index (χ1n) is 9.87. The van der Waals surface area contributed by atoms with Crippen molar-refractivity contribution < 1.29 is 24.2 Å². The van der Waals surface area contributed by atoms with Gasteiger partial charge in [-0.05, 0) is 36.6 Å². The van der Waals surface area contributed by atoms with Crippen LogP contribution in [0.1, 0.15) is 36.3 Å². The van der Waals surface area contributed by atoms with E-state index >= 15 is 0 Å². The van der Waals surface area contributed by atoms with E-state index in [1.807, 2.05) is 0 Å². The van der Waals surface area contributed by atoms with E-state index < -0.39 is 5.97 Å². The van der Waals surface area contributed by atoms with Gasteiger partial charge < -0.3 is 25.0 Å². The number of anilines is 1. The van der Waals surface area contributed by atoms with Gasteiger partial charge >= 0.3 is 5.97 Å². The van der Waals surface area contributed by atoms with E-state index in [2.05, 4.69) is 34.2 Å². The number of rotatable bonds is 11. The lowest BCUT2D eigenvalue weighted by Gasteiger charge is -2.12. The Bertz CT molecular complexity index is 896. The normalized spacial score (nSPS) is 10.7. The molecular formula is C21H28N4O5S. The van der Waals surface area contributed by atoms with Crippen LogP contribution in [-0.2, 0) is 27.5 Å². The van der Waals surface area contributed by atoms with Crippen LogP contribution >= 0.6 is 11.8 Å². The second kappa shape index (κ2) is 12.1. The first kappa shape index (κ1) is 24.4. The van der Waals surface area contributed by atoms with Crippen LogP contribution in [0.5, 0.6) is 0 Å². The zero-order chi connectivity index (χ0) is 22.8. The van der Waals surface area contributed by atoms with E-state index in [9.17, 15) is 19.5 Å². The van der Waals surface area contributed by atoms with Crippen LogP contribution in [0.4, 0.5) is 5.69 Å². The largest absolute Gasteiger partial charge is 0.465 e. The number of carbonyl (C=O) groups is 3. The molecule has 0 saturated heterocycles. The number of hydrogen-bond acceptors (Lipinski definition) is 7. The fourth-order valence-corrected chi connectivity index (χ4v) is 3.43. The van der Waals surface area contributed by atoms with Gasteiger partial charge in [-0.25, -0.2) is 9.78 Å². The Morgan fingerprint density at radius 1 is 1.19 bits per heavy atom. The number of amides is 2. The molecule has 0 radical (unpaired) electrons. The maximum Gasteiger partial charge on any atom is 0.337 e. The molecule has 2 rings (SSSR count). The smallest absolute Gasteiger partial charge is 0.337 e. The molecule has 2 amide bonds. The number of ether oxygens (including phenoxy) is 1. The van der Waals surface area contributed by atoms with E-state index in [1.165, 1.54) is 25.1 Å². The SMILES string of the molecule is COC(=O)c1ccc(NC(=O)CSc2ncc(CO)n2CC(=O)NCCC(C)C)cc1. The molecule has 9 nitrogen and oxygen atoms in total. The molecule has 0 saturated carbocycles. The molecule has 0 bridgehead atoms. The van der Waals surface area contributed by atoms with Gasteiger partial charge in [0.1, 0.15) is 6.54 Å². The summed E-state index contributed by atoms with van der Waals surface area (Å²) in [5, 5.41) is 15.6. The van der Waals surface area contributed by atoms with Gasteiger partial charge in [-0.2, -0.15) is 0 Å². The van der Waals surface area contributed by atoms with Crippen LogP contribution in [0, 0.1) is 5.92 Å². The quantitative estimate of drug-likeness (QED) is 0.355. The molecule has 0 aliphatic heterocycles. The highest BCUT2D eigenvalue weighted by atomic mass is 32.2. The van der Waals surface area contributed by atoms with E-state index in [0.717, 1.165) is 6.42 Å². The number of aromatic nitrogens is 2. The van der Waals surface area contributed by atoms with E-state index in [1.54, 1.807) is 28.8 Å². The molecule has 10 heteroatoms. The standard InChI is InChI=1S/C21H28N4O5S/c1-14(2)8-9-22-18(27)11-25-17(12-26)10-23-21(25)31-13-19(28)24-16-6-4-15(5-7-16)20(29)30-3/h4-7,10,14,26H,8-9,11-13H2,1-3H3,(H,22,27)(H,24,28). The average Bonchev–Trinajstić information content (AvgIpc) is 3.13. The third-order valence-electron chi connectivity index (χ3n) is 4.33. The number of thioether (sulfide) groups is 1. The number of nitrogens with one attached hydrogen (secondary N) is 2. The lowest BCUT2D eigenvalue weighted by Crippen LogP contribution is -2.30. The highest BCUT2D eigenvalue weighted by Gasteiger charge is 2.15. The van der Waals surface area contributed by atoms with Crippen molar-refractivity contribution in [3.8, 4) is 0 Å². The average molecular weight is 449 g/mol. The summed E-state index contributed by atoms with van der Waals surface area (Å²) in [5.74, 6) is -0.339. The summed E-state index contributed by atoms with van der Waals surface area (Å²) in [7, 11) is 1.30. The van der Waals surface area contributed by atoms with Crippen molar-refractivity contribution in [1.82, 2.24) is 14.9 Å². The molecule has 0 spiro atoms. The van der Waals surface area contributed by atoms with Crippen LogP contribution in [0.15, 0.2) is 35.6 Å². The zero-order valence-electron chi connectivity index (χ0n) is 17.9. The molecule has 2 aromatic rings. The minimum Gasteiger partial charge on any atom is -0.465 e. The third-order valence-corrected chi connectivity index (χ3v) is 5.32. The highest BCUT2D eigenvalue weighted by molar-refractivity contribution is 7.99. The van der Waals surface area contributed by atoms with Crippen molar-refractivity contribution >= 4 is 35.2 Å². The lowest BCUT2D eigenvalue weighted by atomic mass is 10.1.